The van der Waals surface area contributed by atoms with Crippen LogP contribution in [0, 0.1) is 0 Å². The molecule has 0 bridgehead atoms. The summed E-state index contributed by atoms with van der Waals surface area (Å²) in [5, 5.41) is 0. The highest BCUT2D eigenvalue weighted by Crippen LogP contribution is 2.22. The Bertz CT molecular complexity index is 44.3. The highest BCUT2D eigenvalue weighted by Gasteiger charge is 2.17. The lowest BCUT2D eigenvalue weighted by Gasteiger charge is -1.87. The molecule has 0 saturated carbocycles. The summed E-state index contributed by atoms with van der Waals surface area (Å²) in [5.74, 6) is 1.11. The van der Waals surface area contributed by atoms with Crippen molar-refractivity contribution in [2.45, 2.75) is 4.84 Å². The first-order valence-corrected chi connectivity index (χ1v) is 3.62. The zero-order valence-electron chi connectivity index (χ0n) is 4.18. The molecule has 0 aromatic heterocycles. The molecule has 0 aliphatic carbocycles. The number of alkyl halides is 6. The zero-order chi connectivity index (χ0) is 7.91. The van der Waals surface area contributed by atoms with Crippen molar-refractivity contribution < 1.29 is 8.78 Å². The van der Waals surface area contributed by atoms with Crippen molar-refractivity contribution in [2.24, 2.45) is 0 Å². The third kappa shape index (κ3) is 109. The van der Waals surface area contributed by atoms with Crippen LogP contribution in [0.15, 0.2) is 0 Å². The summed E-state index contributed by atoms with van der Waals surface area (Å²) in [7, 11) is 0. The van der Waals surface area contributed by atoms with Crippen LogP contribution in [-0.2, 0) is 0 Å². The summed E-state index contributed by atoms with van der Waals surface area (Å²) in [6, 6.07) is 0. The molecule has 0 fully saturated rings. The van der Waals surface area contributed by atoms with Crippen molar-refractivity contribution in [3.63, 3.8) is 0 Å². The second-order valence-corrected chi connectivity index (χ2v) is 2.71. The third-order valence-corrected chi connectivity index (χ3v) is 0.643. The fourth-order valence-electron chi connectivity index (χ4n) is 0. The monoisotopic (exact) mass is 218 g/mol. The Hall–Kier alpha value is 1.02. The van der Waals surface area contributed by atoms with E-state index in [-0.39, 0.29) is 0 Å². The minimum atomic E-state index is -3.56. The van der Waals surface area contributed by atoms with Gasteiger partial charge in [-0.1, -0.05) is 0 Å². The Morgan fingerprint density at radius 2 is 1.11 bits per heavy atom. The van der Waals surface area contributed by atoms with Crippen LogP contribution in [0.2, 0.25) is 0 Å². The summed E-state index contributed by atoms with van der Waals surface area (Å²) in [6.45, 7) is 0. The minimum Gasteiger partial charge on any atom is -0.172 e. The molecular formula is C3H4Cl4F2. The SMILES string of the molecule is ClCCCl.FC(F)(Cl)Cl. The lowest BCUT2D eigenvalue weighted by atomic mass is 11.0. The quantitative estimate of drug-likeness (QED) is 0.593. The summed E-state index contributed by atoms with van der Waals surface area (Å²) in [5.41, 5.74) is 0. The van der Waals surface area contributed by atoms with Crippen molar-refractivity contribution in [1.29, 1.82) is 0 Å². The summed E-state index contributed by atoms with van der Waals surface area (Å²) >= 11 is 18.0. The van der Waals surface area contributed by atoms with Gasteiger partial charge in [-0.25, -0.2) is 0 Å². The van der Waals surface area contributed by atoms with Crippen LogP contribution >= 0.6 is 46.4 Å². The maximum absolute atomic E-state index is 10.6. The molecule has 0 atom stereocenters. The molecule has 0 unspecified atom stereocenters. The van der Waals surface area contributed by atoms with E-state index in [0.717, 1.165) is 0 Å². The maximum atomic E-state index is 10.6. The molecule has 0 heterocycles. The van der Waals surface area contributed by atoms with Crippen LogP contribution in [0.3, 0.4) is 0 Å². The zero-order valence-corrected chi connectivity index (χ0v) is 7.21. The fourth-order valence-corrected chi connectivity index (χ4v) is 0. The second kappa shape index (κ2) is 7.13. The van der Waals surface area contributed by atoms with Gasteiger partial charge in [-0.15, -0.1) is 23.2 Å². The van der Waals surface area contributed by atoms with Gasteiger partial charge in [-0.3, -0.25) is 0 Å². The van der Waals surface area contributed by atoms with E-state index in [9.17, 15) is 8.78 Å². The minimum absolute atomic E-state index is 0.557. The molecule has 0 rings (SSSR count). The molecule has 0 spiro atoms. The number of halogens is 6. The van der Waals surface area contributed by atoms with Gasteiger partial charge in [0.2, 0.25) is 0 Å². The molecule has 0 N–H and O–H groups in total. The maximum Gasteiger partial charge on any atom is 0.401 e. The molecule has 0 aliphatic heterocycles. The van der Waals surface area contributed by atoms with E-state index in [0.29, 0.717) is 11.8 Å². The average Bonchev–Trinajstić information content (AvgIpc) is 1.61. The Morgan fingerprint density at radius 3 is 1.11 bits per heavy atom. The van der Waals surface area contributed by atoms with Crippen molar-refractivity contribution in [3.8, 4) is 0 Å². The molecular weight excluding hydrogens is 216 g/mol. The van der Waals surface area contributed by atoms with Gasteiger partial charge in [0.15, 0.2) is 0 Å². The fraction of sp³-hybridized carbons (Fsp3) is 1.00. The second-order valence-electron chi connectivity index (χ2n) is 0.807. The van der Waals surface area contributed by atoms with E-state index < -0.39 is 4.84 Å². The normalized spacial score (nSPS) is 10.0. The third-order valence-electron chi connectivity index (χ3n) is 0.0714. The van der Waals surface area contributed by atoms with Crippen molar-refractivity contribution in [3.05, 3.63) is 0 Å². The standard InChI is InChI=1S/C2H4Cl2.CCl2F2/c3-1-2-4;2-1(3,4)5/h1-2H2;. The van der Waals surface area contributed by atoms with Crippen LogP contribution in [-0.4, -0.2) is 16.6 Å². The number of rotatable bonds is 1. The molecule has 9 heavy (non-hydrogen) atoms. The van der Waals surface area contributed by atoms with E-state index in [1.807, 2.05) is 0 Å². The van der Waals surface area contributed by atoms with E-state index in [1.54, 1.807) is 0 Å². The van der Waals surface area contributed by atoms with Crippen LogP contribution in [0.1, 0.15) is 0 Å². The van der Waals surface area contributed by atoms with Crippen molar-refractivity contribution in [1.82, 2.24) is 0 Å². The van der Waals surface area contributed by atoms with Crippen LogP contribution in [0.4, 0.5) is 8.78 Å². The van der Waals surface area contributed by atoms with Gasteiger partial charge >= 0.3 is 4.84 Å². The van der Waals surface area contributed by atoms with Crippen molar-refractivity contribution >= 4 is 46.4 Å². The highest BCUT2D eigenvalue weighted by molar-refractivity contribution is 6.45. The van der Waals surface area contributed by atoms with Crippen LogP contribution in [0.25, 0.3) is 0 Å². The molecule has 0 aliphatic rings. The molecule has 6 heteroatoms. The molecule has 0 radical (unpaired) electrons. The average molecular weight is 220 g/mol. The number of hydrogen-bond donors (Lipinski definition) is 0. The van der Waals surface area contributed by atoms with Gasteiger partial charge < -0.3 is 0 Å². The van der Waals surface area contributed by atoms with Gasteiger partial charge in [0, 0.05) is 11.8 Å². The topological polar surface area (TPSA) is 0 Å². The summed E-state index contributed by atoms with van der Waals surface area (Å²) < 4.78 is 21.1. The first kappa shape index (κ1) is 12.7. The molecule has 0 aromatic rings. The molecule has 0 nitrogen and oxygen atoms in total. The Kier molecular flexibility index (Phi) is 10.0. The highest BCUT2D eigenvalue weighted by atomic mass is 35.5. The number of hydrogen-bond acceptors (Lipinski definition) is 0. The van der Waals surface area contributed by atoms with Crippen LogP contribution in [0.5, 0.6) is 0 Å². The smallest absolute Gasteiger partial charge is 0.172 e. The Morgan fingerprint density at radius 1 is 1.00 bits per heavy atom. The predicted molar refractivity (Wildman–Crippen MR) is 38.1 cm³/mol. The molecule has 58 valence electrons. The Labute approximate surface area is 72.0 Å². The van der Waals surface area contributed by atoms with E-state index in [4.69, 9.17) is 23.2 Å². The largest absolute Gasteiger partial charge is 0.401 e. The van der Waals surface area contributed by atoms with Gasteiger partial charge in [-0.05, 0) is 23.2 Å². The first-order chi connectivity index (χ1) is 3.91. The Balaban J connectivity index is 0. The van der Waals surface area contributed by atoms with Gasteiger partial charge in [0.05, 0.1) is 0 Å². The van der Waals surface area contributed by atoms with Crippen LogP contribution < -0.4 is 0 Å². The molecule has 0 saturated heterocycles. The van der Waals surface area contributed by atoms with Gasteiger partial charge in [0.25, 0.3) is 0 Å². The summed E-state index contributed by atoms with van der Waals surface area (Å²) in [6.07, 6.45) is 0. The van der Waals surface area contributed by atoms with Crippen molar-refractivity contribution in [2.75, 3.05) is 11.8 Å². The summed E-state index contributed by atoms with van der Waals surface area (Å²) in [4.78, 5) is -3.56. The lowest BCUT2D eigenvalue weighted by Crippen LogP contribution is -1.86. The van der Waals surface area contributed by atoms with E-state index in [1.165, 1.54) is 0 Å². The molecule has 0 aromatic carbocycles. The lowest BCUT2D eigenvalue weighted by molar-refractivity contribution is 0.194. The predicted octanol–water partition coefficient (Wildman–Crippen LogP) is 3.48. The first-order valence-electron chi connectivity index (χ1n) is 1.79. The van der Waals surface area contributed by atoms with E-state index in [2.05, 4.69) is 23.2 Å². The van der Waals surface area contributed by atoms with E-state index >= 15 is 0 Å². The molecule has 0 amide bonds. The van der Waals surface area contributed by atoms with Gasteiger partial charge in [-0.2, -0.15) is 8.78 Å². The van der Waals surface area contributed by atoms with Gasteiger partial charge in [0.1, 0.15) is 0 Å².